The van der Waals surface area contributed by atoms with E-state index in [1.807, 2.05) is 0 Å². The lowest BCUT2D eigenvalue weighted by molar-refractivity contribution is -0.119. The van der Waals surface area contributed by atoms with E-state index in [1.165, 1.54) is 6.08 Å². The fourth-order valence-electron chi connectivity index (χ4n) is 0.897. The number of alkyl halides is 1. The van der Waals surface area contributed by atoms with Crippen LogP contribution in [0.5, 0.6) is 0 Å². The lowest BCUT2D eigenvalue weighted by Crippen LogP contribution is -2.40. The number of primary amides is 1. The number of allylic oxidation sites excluding steroid dienone is 3. The Hall–Kier alpha value is 0.110. The van der Waals surface area contributed by atoms with Crippen molar-refractivity contribution in [3.8, 4) is 0 Å². The average molecular weight is 261 g/mol. The topological polar surface area (TPSA) is 43.1 Å². The molecule has 0 aromatic rings. The summed E-state index contributed by atoms with van der Waals surface area (Å²) in [6.07, 6.45) is 1.66. The van der Waals surface area contributed by atoms with E-state index in [1.54, 1.807) is 0 Å². The van der Waals surface area contributed by atoms with E-state index in [-0.39, 0.29) is 21.5 Å². The maximum atomic E-state index is 11.0. The number of rotatable bonds is 1. The molecule has 0 saturated heterocycles. The largest absolute Gasteiger partial charge is 0.368 e. The molecule has 0 spiro atoms. The van der Waals surface area contributed by atoms with Gasteiger partial charge >= 0.3 is 0 Å². The Balaban J connectivity index is 3.18. The van der Waals surface area contributed by atoms with Crippen LogP contribution in [0.3, 0.4) is 0 Å². The predicted molar refractivity (Wildman–Crippen MR) is 55.1 cm³/mol. The molecule has 72 valence electrons. The molecule has 2 nitrogen and oxygen atoms in total. The first kappa shape index (κ1) is 11.2. The van der Waals surface area contributed by atoms with Gasteiger partial charge in [0.1, 0.15) is 0 Å². The summed E-state index contributed by atoms with van der Waals surface area (Å²) >= 11 is 23.0. The molecule has 0 aromatic carbocycles. The minimum Gasteiger partial charge on any atom is -0.368 e. The molecule has 2 N–H and O–H groups in total. The molecule has 0 bridgehead atoms. The molecule has 1 aliphatic rings. The highest BCUT2D eigenvalue weighted by Crippen LogP contribution is 2.43. The summed E-state index contributed by atoms with van der Waals surface area (Å²) in [4.78, 5) is 9.53. The lowest BCUT2D eigenvalue weighted by Gasteiger charge is -2.25. The average Bonchev–Trinajstić information content (AvgIpc) is 2.08. The van der Waals surface area contributed by atoms with Crippen LogP contribution < -0.4 is 5.73 Å². The van der Waals surface area contributed by atoms with Gasteiger partial charge in [0.05, 0.1) is 15.1 Å². The van der Waals surface area contributed by atoms with E-state index in [0.29, 0.717) is 0 Å². The Morgan fingerprint density at radius 3 is 2.46 bits per heavy atom. The van der Waals surface area contributed by atoms with Crippen molar-refractivity contribution in [3.63, 3.8) is 0 Å². The molecule has 0 heterocycles. The molecular weight excluding hydrogens is 256 g/mol. The summed E-state index contributed by atoms with van der Waals surface area (Å²) in [5, 5.41) is 0.336. The zero-order valence-corrected chi connectivity index (χ0v) is 9.31. The summed E-state index contributed by atoms with van der Waals surface area (Å²) in [6, 6.07) is 0. The van der Waals surface area contributed by atoms with Gasteiger partial charge in [0, 0.05) is 6.42 Å². The lowest BCUT2D eigenvalue weighted by atomic mass is 9.98. The minimum absolute atomic E-state index is 0.0177. The smallest absolute Gasteiger partial charge is 0.244 e. The first-order valence-electron chi connectivity index (χ1n) is 3.30. The number of hydrogen-bond donors (Lipinski definition) is 1. The van der Waals surface area contributed by atoms with E-state index in [0.717, 1.165) is 0 Å². The molecule has 0 radical (unpaired) electrons. The summed E-state index contributed by atoms with van der Waals surface area (Å²) < 4.78 is 0. The van der Waals surface area contributed by atoms with Gasteiger partial charge in [0.25, 0.3) is 0 Å². The van der Waals surface area contributed by atoms with Gasteiger partial charge in [-0.2, -0.15) is 0 Å². The van der Waals surface area contributed by atoms with Crippen molar-refractivity contribution in [2.75, 3.05) is 0 Å². The van der Waals surface area contributed by atoms with Crippen molar-refractivity contribution in [2.24, 2.45) is 5.73 Å². The van der Waals surface area contributed by atoms with Crippen molar-refractivity contribution >= 4 is 52.3 Å². The Kier molecular flexibility index (Phi) is 3.18. The third-order valence-corrected chi connectivity index (χ3v) is 3.77. The highest BCUT2D eigenvalue weighted by molar-refractivity contribution is 6.53. The zero-order chi connectivity index (χ0) is 10.2. The van der Waals surface area contributed by atoms with Crippen LogP contribution in [-0.4, -0.2) is 10.8 Å². The molecule has 0 fully saturated rings. The van der Waals surface area contributed by atoms with E-state index in [9.17, 15) is 4.79 Å². The summed E-state index contributed by atoms with van der Waals surface area (Å²) in [6.45, 7) is 0. The first-order valence-corrected chi connectivity index (χ1v) is 4.81. The Morgan fingerprint density at radius 1 is 1.46 bits per heavy atom. The number of halogens is 4. The van der Waals surface area contributed by atoms with Crippen molar-refractivity contribution in [1.82, 2.24) is 0 Å². The third-order valence-electron chi connectivity index (χ3n) is 1.70. The molecule has 6 heteroatoms. The van der Waals surface area contributed by atoms with Crippen molar-refractivity contribution in [1.29, 1.82) is 0 Å². The van der Waals surface area contributed by atoms with Crippen LogP contribution >= 0.6 is 46.4 Å². The maximum absolute atomic E-state index is 11.0. The van der Waals surface area contributed by atoms with E-state index < -0.39 is 10.8 Å². The predicted octanol–water partition coefficient (Wildman–Crippen LogP) is 2.66. The van der Waals surface area contributed by atoms with Gasteiger partial charge in [-0.25, -0.2) is 0 Å². The van der Waals surface area contributed by atoms with Crippen molar-refractivity contribution in [2.45, 2.75) is 11.3 Å². The fourth-order valence-corrected chi connectivity index (χ4v) is 1.85. The normalized spacial score (nSPS) is 28.8. The van der Waals surface area contributed by atoms with Crippen LogP contribution in [0.4, 0.5) is 0 Å². The number of hydrogen-bond acceptors (Lipinski definition) is 1. The first-order chi connectivity index (χ1) is 5.89. The van der Waals surface area contributed by atoms with Crippen LogP contribution in [0.2, 0.25) is 0 Å². The van der Waals surface area contributed by atoms with Gasteiger partial charge < -0.3 is 5.73 Å². The van der Waals surface area contributed by atoms with Gasteiger partial charge in [0.15, 0.2) is 4.87 Å². The second-order valence-corrected chi connectivity index (χ2v) is 4.36. The molecular formula is C7H5Cl4NO. The maximum Gasteiger partial charge on any atom is 0.244 e. The number of amides is 1. The van der Waals surface area contributed by atoms with Gasteiger partial charge in [-0.05, 0) is 0 Å². The molecule has 1 unspecified atom stereocenters. The molecule has 1 rings (SSSR count). The van der Waals surface area contributed by atoms with Crippen molar-refractivity contribution < 1.29 is 4.79 Å². The van der Waals surface area contributed by atoms with Crippen molar-refractivity contribution in [3.05, 3.63) is 21.2 Å². The van der Waals surface area contributed by atoms with E-state index >= 15 is 0 Å². The summed E-state index contributed by atoms with van der Waals surface area (Å²) in [7, 11) is 0. The van der Waals surface area contributed by atoms with Crippen LogP contribution in [0.1, 0.15) is 6.42 Å². The number of nitrogens with two attached hydrogens (primary N) is 1. The molecule has 1 atom stereocenters. The standard InChI is InChI=1S/C7H5Cl4NO/c8-3-1-2-7(11,6(12)13)5(10)4(3)9/h1H,2H2,(H2,12,13). The van der Waals surface area contributed by atoms with E-state index in [2.05, 4.69) is 0 Å². The molecule has 0 aliphatic heterocycles. The third kappa shape index (κ3) is 1.82. The highest BCUT2D eigenvalue weighted by atomic mass is 35.5. The molecule has 1 aliphatic carbocycles. The molecule has 13 heavy (non-hydrogen) atoms. The Labute approximate surface area is 95.3 Å². The van der Waals surface area contributed by atoms with Crippen LogP contribution in [0.15, 0.2) is 21.2 Å². The number of carbonyl (C=O) groups excluding carboxylic acids is 1. The Morgan fingerprint density at radius 2 is 2.00 bits per heavy atom. The van der Waals surface area contributed by atoms with Crippen LogP contribution in [-0.2, 0) is 4.79 Å². The summed E-state index contributed by atoms with van der Waals surface area (Å²) in [5.74, 6) is -0.738. The number of carbonyl (C=O) groups is 1. The minimum atomic E-state index is -1.45. The second kappa shape index (κ2) is 3.70. The van der Waals surface area contributed by atoms with Crippen LogP contribution in [0, 0.1) is 0 Å². The monoisotopic (exact) mass is 259 g/mol. The SMILES string of the molecule is NC(=O)C1(Cl)CC=C(Cl)C(Cl)=C1Cl. The highest BCUT2D eigenvalue weighted by Gasteiger charge is 2.41. The molecule has 0 saturated carbocycles. The zero-order valence-electron chi connectivity index (χ0n) is 6.28. The van der Waals surface area contributed by atoms with Gasteiger partial charge in [-0.1, -0.05) is 40.9 Å². The molecule has 1 amide bonds. The summed E-state index contributed by atoms with van der Waals surface area (Å²) in [5.41, 5.74) is 5.08. The van der Waals surface area contributed by atoms with Gasteiger partial charge in [-0.15, -0.1) is 11.6 Å². The Bertz CT molecular complexity index is 322. The molecule has 0 aromatic heterocycles. The van der Waals surface area contributed by atoms with Crippen LogP contribution in [0.25, 0.3) is 0 Å². The van der Waals surface area contributed by atoms with Gasteiger partial charge in [0.2, 0.25) is 5.91 Å². The quantitative estimate of drug-likeness (QED) is 0.724. The second-order valence-electron chi connectivity index (χ2n) is 2.55. The van der Waals surface area contributed by atoms with E-state index in [4.69, 9.17) is 52.1 Å². The van der Waals surface area contributed by atoms with Gasteiger partial charge in [-0.3, -0.25) is 4.79 Å². The fraction of sp³-hybridized carbons (Fsp3) is 0.286.